The lowest BCUT2D eigenvalue weighted by molar-refractivity contribution is 0.0717. The van der Waals surface area contributed by atoms with Gasteiger partial charge in [0.1, 0.15) is 6.17 Å². The average Bonchev–Trinajstić information content (AvgIpc) is 2.56. The van der Waals surface area contributed by atoms with Crippen LogP contribution < -0.4 is 5.32 Å². The van der Waals surface area contributed by atoms with Crippen molar-refractivity contribution >= 4 is 0 Å². The molecule has 22 heavy (non-hydrogen) atoms. The molecule has 0 bridgehead atoms. The van der Waals surface area contributed by atoms with Gasteiger partial charge >= 0.3 is 0 Å². The van der Waals surface area contributed by atoms with E-state index in [0.29, 0.717) is 11.8 Å². The molecule has 3 aliphatic rings. The Morgan fingerprint density at radius 1 is 0.909 bits per heavy atom. The summed E-state index contributed by atoms with van der Waals surface area (Å²) in [6, 6.07) is 0. The molecule has 3 rings (SSSR count). The normalized spacial score (nSPS) is 40.9. The van der Waals surface area contributed by atoms with Crippen molar-refractivity contribution in [3.63, 3.8) is 0 Å². The average molecular weight is 310 g/mol. The monoisotopic (exact) mass is 309 g/mol. The Hall–Kier alpha value is -0.110. The van der Waals surface area contributed by atoms with Crippen LogP contribution in [0.2, 0.25) is 0 Å². The molecule has 0 heterocycles. The molecule has 0 spiro atoms. The quantitative estimate of drug-likeness (QED) is 0.722. The van der Waals surface area contributed by atoms with Crippen LogP contribution in [0.1, 0.15) is 77.0 Å². The Labute approximate surface area is 136 Å². The van der Waals surface area contributed by atoms with Gasteiger partial charge in [-0.1, -0.05) is 38.5 Å². The molecule has 0 aromatic heterocycles. The van der Waals surface area contributed by atoms with Crippen molar-refractivity contribution in [3.05, 3.63) is 0 Å². The van der Waals surface area contributed by atoms with Crippen molar-refractivity contribution in [1.82, 2.24) is 5.32 Å². The molecular weight excluding hydrogens is 273 g/mol. The van der Waals surface area contributed by atoms with Crippen LogP contribution in [0.4, 0.5) is 4.39 Å². The van der Waals surface area contributed by atoms with Gasteiger partial charge in [0.2, 0.25) is 0 Å². The summed E-state index contributed by atoms with van der Waals surface area (Å²) in [4.78, 5) is 0. The summed E-state index contributed by atoms with van der Waals surface area (Å²) in [5.74, 6) is 3.97. The van der Waals surface area contributed by atoms with Gasteiger partial charge in [-0.25, -0.2) is 4.39 Å². The number of fused-ring (bicyclic) bond motifs is 1. The number of halogens is 1. The lowest BCUT2D eigenvalue weighted by Crippen LogP contribution is -2.36. The fourth-order valence-corrected chi connectivity index (χ4v) is 5.86. The van der Waals surface area contributed by atoms with Crippen molar-refractivity contribution in [2.45, 2.75) is 83.2 Å². The summed E-state index contributed by atoms with van der Waals surface area (Å²) in [6.07, 6.45) is 15.2. The second-order valence-electron chi connectivity index (χ2n) is 8.49. The van der Waals surface area contributed by atoms with Crippen LogP contribution in [-0.2, 0) is 0 Å². The Kier molecular flexibility index (Phi) is 6.18. The van der Waals surface area contributed by atoms with Gasteiger partial charge in [0.15, 0.2) is 0 Å². The van der Waals surface area contributed by atoms with Crippen molar-refractivity contribution in [2.24, 2.45) is 29.6 Å². The van der Waals surface area contributed by atoms with Crippen LogP contribution in [0.25, 0.3) is 0 Å². The van der Waals surface area contributed by atoms with Crippen LogP contribution in [0.5, 0.6) is 0 Å². The third-order valence-electron chi connectivity index (χ3n) is 7.14. The predicted octanol–water partition coefficient (Wildman–Crippen LogP) is 5.35. The molecule has 0 aromatic rings. The molecule has 0 radical (unpaired) electrons. The standard InChI is InChI=1S/C20H36FN/c1-22-14-19(13-18-8-4-5-9-20(18)21)17-11-10-15-6-2-3-7-16(15)12-17/h15-20,22H,2-14H2,1H3/t15?,16?,17-,18?,19?,20?/m1/s1. The third-order valence-corrected chi connectivity index (χ3v) is 7.14. The highest BCUT2D eigenvalue weighted by atomic mass is 19.1. The Morgan fingerprint density at radius 2 is 1.64 bits per heavy atom. The van der Waals surface area contributed by atoms with E-state index in [9.17, 15) is 4.39 Å². The van der Waals surface area contributed by atoms with E-state index in [1.54, 1.807) is 0 Å². The number of rotatable bonds is 5. The lowest BCUT2D eigenvalue weighted by Gasteiger charge is -2.43. The van der Waals surface area contributed by atoms with E-state index in [1.807, 2.05) is 0 Å². The van der Waals surface area contributed by atoms with Crippen LogP contribution >= 0.6 is 0 Å². The first-order valence-electron chi connectivity index (χ1n) is 10.1. The molecule has 2 heteroatoms. The summed E-state index contributed by atoms with van der Waals surface area (Å²) in [6.45, 7) is 1.10. The summed E-state index contributed by atoms with van der Waals surface area (Å²) < 4.78 is 14.3. The second kappa shape index (κ2) is 8.13. The number of hydrogen-bond donors (Lipinski definition) is 1. The molecule has 0 aliphatic heterocycles. The van der Waals surface area contributed by atoms with Crippen LogP contribution in [-0.4, -0.2) is 19.8 Å². The zero-order valence-electron chi connectivity index (χ0n) is 14.5. The maximum absolute atomic E-state index is 14.3. The van der Waals surface area contributed by atoms with Gasteiger partial charge in [0, 0.05) is 0 Å². The summed E-state index contributed by atoms with van der Waals surface area (Å²) in [7, 11) is 2.08. The molecule has 3 aliphatic carbocycles. The van der Waals surface area contributed by atoms with E-state index in [4.69, 9.17) is 0 Å². The van der Waals surface area contributed by atoms with Gasteiger partial charge in [-0.3, -0.25) is 0 Å². The maximum Gasteiger partial charge on any atom is 0.103 e. The minimum atomic E-state index is -0.515. The highest BCUT2D eigenvalue weighted by Gasteiger charge is 2.37. The minimum Gasteiger partial charge on any atom is -0.319 e. The molecule has 0 saturated heterocycles. The lowest BCUT2D eigenvalue weighted by atomic mass is 9.63. The van der Waals surface area contributed by atoms with Crippen LogP contribution in [0.3, 0.4) is 0 Å². The topological polar surface area (TPSA) is 12.0 Å². The molecule has 1 N–H and O–H groups in total. The second-order valence-corrected chi connectivity index (χ2v) is 8.49. The predicted molar refractivity (Wildman–Crippen MR) is 91.7 cm³/mol. The van der Waals surface area contributed by atoms with Gasteiger partial charge in [0.25, 0.3) is 0 Å². The van der Waals surface area contributed by atoms with Crippen molar-refractivity contribution in [3.8, 4) is 0 Å². The number of nitrogens with one attached hydrogen (secondary N) is 1. The number of alkyl halides is 1. The van der Waals surface area contributed by atoms with Gasteiger partial charge in [-0.2, -0.15) is 0 Å². The van der Waals surface area contributed by atoms with Gasteiger partial charge in [-0.05, 0) is 81.7 Å². The first kappa shape index (κ1) is 16.7. The smallest absolute Gasteiger partial charge is 0.103 e. The SMILES string of the molecule is CNCC(CC1CCCCC1F)[C@@H]1CCC2CCCCC2C1. The van der Waals surface area contributed by atoms with E-state index in [0.717, 1.165) is 50.0 Å². The Balaban J connectivity index is 1.58. The molecule has 0 amide bonds. The molecule has 0 aromatic carbocycles. The highest BCUT2D eigenvalue weighted by Crippen LogP contribution is 2.46. The van der Waals surface area contributed by atoms with E-state index >= 15 is 0 Å². The number of hydrogen-bond acceptors (Lipinski definition) is 1. The van der Waals surface area contributed by atoms with Crippen LogP contribution in [0, 0.1) is 29.6 Å². The molecule has 1 nitrogen and oxygen atoms in total. The molecule has 5 unspecified atom stereocenters. The molecule has 3 fully saturated rings. The van der Waals surface area contributed by atoms with Gasteiger partial charge < -0.3 is 5.32 Å². The van der Waals surface area contributed by atoms with Gasteiger partial charge in [-0.15, -0.1) is 0 Å². The van der Waals surface area contributed by atoms with Gasteiger partial charge in [0.05, 0.1) is 0 Å². The minimum absolute atomic E-state index is 0.358. The summed E-state index contributed by atoms with van der Waals surface area (Å²) in [5.41, 5.74) is 0. The van der Waals surface area contributed by atoms with E-state index < -0.39 is 6.17 Å². The fourth-order valence-electron chi connectivity index (χ4n) is 5.86. The maximum atomic E-state index is 14.3. The summed E-state index contributed by atoms with van der Waals surface area (Å²) >= 11 is 0. The van der Waals surface area contributed by atoms with Crippen molar-refractivity contribution in [1.29, 1.82) is 0 Å². The molecule has 3 saturated carbocycles. The third kappa shape index (κ3) is 4.04. The fraction of sp³-hybridized carbons (Fsp3) is 1.00. The molecule has 128 valence electrons. The Bertz CT molecular complexity index is 332. The largest absolute Gasteiger partial charge is 0.319 e. The Morgan fingerprint density at radius 3 is 2.41 bits per heavy atom. The van der Waals surface area contributed by atoms with Crippen LogP contribution in [0.15, 0.2) is 0 Å². The van der Waals surface area contributed by atoms with Crippen molar-refractivity contribution in [2.75, 3.05) is 13.6 Å². The first-order chi connectivity index (χ1) is 10.8. The first-order valence-corrected chi connectivity index (χ1v) is 10.1. The summed E-state index contributed by atoms with van der Waals surface area (Å²) in [5, 5.41) is 3.42. The van der Waals surface area contributed by atoms with Crippen molar-refractivity contribution < 1.29 is 4.39 Å². The molecule has 6 atom stereocenters. The van der Waals surface area contributed by atoms with E-state index in [2.05, 4.69) is 12.4 Å². The highest BCUT2D eigenvalue weighted by molar-refractivity contribution is 4.88. The van der Waals surface area contributed by atoms with E-state index in [1.165, 1.54) is 51.4 Å². The zero-order valence-corrected chi connectivity index (χ0v) is 14.5. The zero-order chi connectivity index (χ0) is 15.4. The van der Waals surface area contributed by atoms with E-state index in [-0.39, 0.29) is 0 Å². The molecular formula is C20H36FN.